The monoisotopic (exact) mass is 344 g/mol. The van der Waals surface area contributed by atoms with Crippen LogP contribution in [0.25, 0.3) is 0 Å². The Labute approximate surface area is 144 Å². The van der Waals surface area contributed by atoms with E-state index in [0.717, 1.165) is 5.69 Å². The van der Waals surface area contributed by atoms with Crippen molar-refractivity contribution in [2.24, 2.45) is 0 Å². The van der Waals surface area contributed by atoms with Gasteiger partial charge in [0.05, 0.1) is 4.90 Å². The number of piperazine rings is 1. The number of benzene rings is 2. The molecule has 3 rings (SSSR count). The Morgan fingerprint density at radius 3 is 1.96 bits per heavy atom. The minimum absolute atomic E-state index is 0.0831. The van der Waals surface area contributed by atoms with Crippen molar-refractivity contribution < 1.29 is 8.42 Å². The number of hydrogen-bond donors (Lipinski definition) is 0. The summed E-state index contributed by atoms with van der Waals surface area (Å²) in [6.07, 6.45) is 0. The molecule has 1 fully saturated rings. The molecule has 0 saturated carbocycles. The molecular formula is C19H24N2O2S. The van der Waals surface area contributed by atoms with Gasteiger partial charge < -0.3 is 4.90 Å². The van der Waals surface area contributed by atoms with E-state index in [-0.39, 0.29) is 12.1 Å². The van der Waals surface area contributed by atoms with Gasteiger partial charge in [0.15, 0.2) is 0 Å². The first-order chi connectivity index (χ1) is 11.4. The summed E-state index contributed by atoms with van der Waals surface area (Å²) < 4.78 is 27.7. The largest absolute Gasteiger partial charge is 0.368 e. The molecule has 2 unspecified atom stereocenters. The molecule has 0 radical (unpaired) electrons. The molecule has 0 N–H and O–H groups in total. The van der Waals surface area contributed by atoms with Gasteiger partial charge >= 0.3 is 0 Å². The molecule has 4 nitrogen and oxygen atoms in total. The van der Waals surface area contributed by atoms with E-state index >= 15 is 0 Å². The highest BCUT2D eigenvalue weighted by Crippen LogP contribution is 2.28. The van der Waals surface area contributed by atoms with Crippen LogP contribution in [0.5, 0.6) is 0 Å². The van der Waals surface area contributed by atoms with Crippen LogP contribution in [0.2, 0.25) is 0 Å². The van der Waals surface area contributed by atoms with Crippen molar-refractivity contribution in [3.05, 3.63) is 60.2 Å². The third kappa shape index (κ3) is 3.19. The summed E-state index contributed by atoms with van der Waals surface area (Å²) in [5, 5.41) is 0. The molecule has 1 saturated heterocycles. The van der Waals surface area contributed by atoms with Gasteiger partial charge in [-0.15, -0.1) is 0 Å². The first-order valence-corrected chi connectivity index (χ1v) is 9.74. The Morgan fingerprint density at radius 2 is 1.42 bits per heavy atom. The van der Waals surface area contributed by atoms with E-state index in [1.165, 1.54) is 5.56 Å². The third-order valence-electron chi connectivity index (χ3n) is 4.56. The van der Waals surface area contributed by atoms with Crippen molar-refractivity contribution in [3.63, 3.8) is 0 Å². The normalized spacial score (nSPS) is 22.5. The molecule has 2 aromatic carbocycles. The average molecular weight is 344 g/mol. The van der Waals surface area contributed by atoms with Gasteiger partial charge in [0.1, 0.15) is 0 Å². The number of sulfonamides is 1. The van der Waals surface area contributed by atoms with Crippen molar-refractivity contribution in [2.75, 3.05) is 18.0 Å². The van der Waals surface area contributed by atoms with Gasteiger partial charge in [0.2, 0.25) is 10.0 Å². The van der Waals surface area contributed by atoms with Crippen LogP contribution in [-0.2, 0) is 10.0 Å². The van der Waals surface area contributed by atoms with Crippen molar-refractivity contribution in [1.29, 1.82) is 0 Å². The van der Waals surface area contributed by atoms with E-state index in [0.29, 0.717) is 18.0 Å². The predicted molar refractivity (Wildman–Crippen MR) is 97.8 cm³/mol. The van der Waals surface area contributed by atoms with Crippen LogP contribution in [0.3, 0.4) is 0 Å². The van der Waals surface area contributed by atoms with Crippen LogP contribution in [0, 0.1) is 6.92 Å². The Bertz CT molecular complexity index is 776. The number of nitrogens with zero attached hydrogens (tertiary/aromatic N) is 2. The first-order valence-electron chi connectivity index (χ1n) is 8.30. The summed E-state index contributed by atoms with van der Waals surface area (Å²) in [5.74, 6) is 0. The lowest BCUT2D eigenvalue weighted by molar-refractivity contribution is 0.241. The minimum atomic E-state index is -3.47. The van der Waals surface area contributed by atoms with Gasteiger partial charge in [-0.25, -0.2) is 8.42 Å². The van der Waals surface area contributed by atoms with Crippen molar-refractivity contribution >= 4 is 15.7 Å². The standard InChI is InChI=1S/C19H24N2O2S/c1-15-9-11-18(12-10-15)20-13-16(2)21(17(3)14-20)24(22,23)19-7-5-4-6-8-19/h4-12,16-17H,13-14H2,1-3H3. The van der Waals surface area contributed by atoms with Gasteiger partial charge in [-0.1, -0.05) is 35.9 Å². The number of aryl methyl sites for hydroxylation is 1. The SMILES string of the molecule is Cc1ccc(N2CC(C)N(S(=O)(=O)c3ccccc3)C(C)C2)cc1. The maximum absolute atomic E-state index is 13.0. The molecule has 128 valence electrons. The highest BCUT2D eigenvalue weighted by Gasteiger charge is 2.38. The zero-order valence-electron chi connectivity index (χ0n) is 14.4. The fraction of sp³-hybridized carbons (Fsp3) is 0.368. The van der Waals surface area contributed by atoms with Gasteiger partial charge in [0.25, 0.3) is 0 Å². The maximum Gasteiger partial charge on any atom is 0.243 e. The highest BCUT2D eigenvalue weighted by atomic mass is 32.2. The third-order valence-corrected chi connectivity index (χ3v) is 6.70. The quantitative estimate of drug-likeness (QED) is 0.858. The molecule has 0 spiro atoms. The zero-order valence-corrected chi connectivity index (χ0v) is 15.2. The summed E-state index contributed by atoms with van der Waals surface area (Å²) >= 11 is 0. The van der Waals surface area contributed by atoms with E-state index in [1.54, 1.807) is 28.6 Å². The van der Waals surface area contributed by atoms with Crippen molar-refractivity contribution in [1.82, 2.24) is 4.31 Å². The second kappa shape index (κ2) is 6.57. The molecule has 2 atom stereocenters. The van der Waals surface area contributed by atoms with Crippen molar-refractivity contribution in [3.8, 4) is 0 Å². The molecule has 0 bridgehead atoms. The summed E-state index contributed by atoms with van der Waals surface area (Å²) in [7, 11) is -3.47. The Morgan fingerprint density at radius 1 is 0.875 bits per heavy atom. The first kappa shape index (κ1) is 17.0. The van der Waals surface area contributed by atoms with E-state index in [2.05, 4.69) is 36.1 Å². The second-order valence-electron chi connectivity index (χ2n) is 6.59. The predicted octanol–water partition coefficient (Wildman–Crippen LogP) is 3.28. The van der Waals surface area contributed by atoms with Crippen LogP contribution in [0.4, 0.5) is 5.69 Å². The molecule has 0 aromatic heterocycles. The number of hydrogen-bond acceptors (Lipinski definition) is 3. The van der Waals surface area contributed by atoms with E-state index in [9.17, 15) is 8.42 Å². The molecule has 5 heteroatoms. The smallest absolute Gasteiger partial charge is 0.243 e. The van der Waals surface area contributed by atoms with Gasteiger partial charge in [-0.2, -0.15) is 4.31 Å². The van der Waals surface area contributed by atoms with Gasteiger partial charge in [0, 0.05) is 30.9 Å². The van der Waals surface area contributed by atoms with Crippen LogP contribution in [-0.4, -0.2) is 37.9 Å². The Kier molecular flexibility index (Phi) is 4.65. The molecular weight excluding hydrogens is 320 g/mol. The van der Waals surface area contributed by atoms with Crippen LogP contribution in [0.15, 0.2) is 59.5 Å². The van der Waals surface area contributed by atoms with Gasteiger partial charge in [-0.3, -0.25) is 0 Å². The molecule has 24 heavy (non-hydrogen) atoms. The molecule has 0 aliphatic carbocycles. The number of anilines is 1. The topological polar surface area (TPSA) is 40.6 Å². The highest BCUT2D eigenvalue weighted by molar-refractivity contribution is 7.89. The summed E-state index contributed by atoms with van der Waals surface area (Å²) in [5.41, 5.74) is 2.38. The zero-order chi connectivity index (χ0) is 17.3. The lowest BCUT2D eigenvalue weighted by Gasteiger charge is -2.44. The lowest BCUT2D eigenvalue weighted by Crippen LogP contribution is -2.58. The van der Waals surface area contributed by atoms with Crippen LogP contribution in [0.1, 0.15) is 19.4 Å². The fourth-order valence-corrected chi connectivity index (χ4v) is 5.29. The maximum atomic E-state index is 13.0. The molecule has 2 aromatic rings. The molecule has 1 aliphatic rings. The fourth-order valence-electron chi connectivity index (χ4n) is 3.46. The van der Waals surface area contributed by atoms with Crippen LogP contribution < -0.4 is 4.90 Å². The summed E-state index contributed by atoms with van der Waals surface area (Å²) in [6.45, 7) is 7.42. The minimum Gasteiger partial charge on any atom is -0.368 e. The summed E-state index contributed by atoms with van der Waals surface area (Å²) in [6, 6.07) is 16.9. The Balaban J connectivity index is 1.85. The Hall–Kier alpha value is -1.85. The van der Waals surface area contributed by atoms with E-state index < -0.39 is 10.0 Å². The van der Waals surface area contributed by atoms with Crippen molar-refractivity contribution in [2.45, 2.75) is 37.8 Å². The molecule has 1 heterocycles. The second-order valence-corrected chi connectivity index (χ2v) is 8.43. The molecule has 0 amide bonds. The molecule has 1 aliphatic heterocycles. The average Bonchev–Trinajstić information content (AvgIpc) is 2.55. The van der Waals surface area contributed by atoms with E-state index in [4.69, 9.17) is 0 Å². The van der Waals surface area contributed by atoms with Gasteiger partial charge in [-0.05, 0) is 45.0 Å². The summed E-state index contributed by atoms with van der Waals surface area (Å²) in [4.78, 5) is 2.64. The van der Waals surface area contributed by atoms with E-state index in [1.807, 2.05) is 19.9 Å². The van der Waals surface area contributed by atoms with Crippen LogP contribution >= 0.6 is 0 Å². The number of rotatable bonds is 3. The lowest BCUT2D eigenvalue weighted by atomic mass is 10.1.